The molecule has 0 aliphatic rings. The van der Waals surface area contributed by atoms with E-state index in [-0.39, 0.29) is 5.92 Å². The van der Waals surface area contributed by atoms with Gasteiger partial charge in [-0.2, -0.15) is 5.10 Å². The summed E-state index contributed by atoms with van der Waals surface area (Å²) in [6.07, 6.45) is 3.89. The number of rotatable bonds is 6. The quantitative estimate of drug-likeness (QED) is 0.631. The number of halogens is 1. The number of anilines is 1. The minimum atomic E-state index is 0.261. The first-order chi connectivity index (χ1) is 9.99. The molecule has 0 saturated carbocycles. The first-order valence-electron chi connectivity index (χ1n) is 7.25. The maximum atomic E-state index is 6.17. The molecule has 0 unspecified atom stereocenters. The zero-order chi connectivity index (χ0) is 15.4. The van der Waals surface area contributed by atoms with Gasteiger partial charge in [0.25, 0.3) is 0 Å². The zero-order valence-electron chi connectivity index (χ0n) is 13.0. The van der Waals surface area contributed by atoms with Gasteiger partial charge in [-0.25, -0.2) is 9.97 Å². The van der Waals surface area contributed by atoms with Gasteiger partial charge in [0, 0.05) is 23.7 Å². The third-order valence-corrected chi connectivity index (χ3v) is 3.84. The molecule has 0 aliphatic heterocycles. The molecule has 114 valence electrons. The molecular formula is C15H22ClN5. The van der Waals surface area contributed by atoms with Crippen molar-refractivity contribution in [2.45, 2.75) is 46.5 Å². The minimum absolute atomic E-state index is 0.261. The fourth-order valence-electron chi connectivity index (χ4n) is 2.05. The van der Waals surface area contributed by atoms with Gasteiger partial charge in [0.15, 0.2) is 0 Å². The van der Waals surface area contributed by atoms with Crippen molar-refractivity contribution >= 4 is 17.4 Å². The lowest BCUT2D eigenvalue weighted by Gasteiger charge is -2.12. The molecule has 2 heterocycles. The van der Waals surface area contributed by atoms with Crippen molar-refractivity contribution in [3.05, 3.63) is 34.0 Å². The molecule has 21 heavy (non-hydrogen) atoms. The summed E-state index contributed by atoms with van der Waals surface area (Å²) in [6.45, 7) is 8.95. The highest BCUT2D eigenvalue weighted by atomic mass is 35.5. The number of hydrogen-bond acceptors (Lipinski definition) is 4. The van der Waals surface area contributed by atoms with Crippen molar-refractivity contribution < 1.29 is 0 Å². The van der Waals surface area contributed by atoms with Crippen LogP contribution in [0.15, 0.2) is 6.20 Å². The highest BCUT2D eigenvalue weighted by Crippen LogP contribution is 2.22. The smallest absolute Gasteiger partial charge is 0.137 e. The van der Waals surface area contributed by atoms with Gasteiger partial charge in [-0.3, -0.25) is 5.10 Å². The number of aromatic amines is 1. The van der Waals surface area contributed by atoms with Crippen molar-refractivity contribution in [1.29, 1.82) is 0 Å². The van der Waals surface area contributed by atoms with Crippen LogP contribution in [0.4, 0.5) is 5.82 Å². The third kappa shape index (κ3) is 3.94. The van der Waals surface area contributed by atoms with E-state index in [0.717, 1.165) is 42.3 Å². The summed E-state index contributed by atoms with van der Waals surface area (Å²) >= 11 is 6.17. The van der Waals surface area contributed by atoms with E-state index in [1.807, 2.05) is 20.0 Å². The number of aryl methyl sites for hydroxylation is 2. The first kappa shape index (κ1) is 15.8. The second-order valence-corrected chi connectivity index (χ2v) is 5.91. The van der Waals surface area contributed by atoms with E-state index in [1.165, 1.54) is 5.56 Å². The SMILES string of the molecule is Cc1[nH]ncc1CCCNc1nc(C(C)C)nc(Cl)c1C. The monoisotopic (exact) mass is 307 g/mol. The van der Waals surface area contributed by atoms with Crippen LogP contribution in [0.25, 0.3) is 0 Å². The van der Waals surface area contributed by atoms with Gasteiger partial charge >= 0.3 is 0 Å². The average molecular weight is 308 g/mol. The largest absolute Gasteiger partial charge is 0.370 e. The summed E-state index contributed by atoms with van der Waals surface area (Å²) in [5, 5.41) is 10.9. The Balaban J connectivity index is 1.95. The molecular weight excluding hydrogens is 286 g/mol. The van der Waals surface area contributed by atoms with E-state index < -0.39 is 0 Å². The molecule has 0 saturated heterocycles. The maximum Gasteiger partial charge on any atom is 0.137 e. The molecule has 0 aromatic carbocycles. The van der Waals surface area contributed by atoms with E-state index in [4.69, 9.17) is 11.6 Å². The van der Waals surface area contributed by atoms with E-state index in [9.17, 15) is 0 Å². The van der Waals surface area contributed by atoms with Gasteiger partial charge in [-0.1, -0.05) is 25.4 Å². The second kappa shape index (κ2) is 6.89. The lowest BCUT2D eigenvalue weighted by molar-refractivity contribution is 0.768. The molecule has 2 N–H and O–H groups in total. The lowest BCUT2D eigenvalue weighted by Crippen LogP contribution is -2.10. The molecule has 2 rings (SSSR count). The van der Waals surface area contributed by atoms with Gasteiger partial charge in [0.05, 0.1) is 6.20 Å². The van der Waals surface area contributed by atoms with Crippen molar-refractivity contribution in [2.75, 3.05) is 11.9 Å². The standard InChI is InChI=1S/C15H22ClN5/c1-9(2)14-19-13(16)10(3)15(20-14)17-7-5-6-12-8-18-21-11(12)4/h8-9H,5-7H2,1-4H3,(H,18,21)(H,17,19,20). The fraction of sp³-hybridized carbons (Fsp3) is 0.533. The summed E-state index contributed by atoms with van der Waals surface area (Å²) in [4.78, 5) is 8.87. The second-order valence-electron chi connectivity index (χ2n) is 5.55. The van der Waals surface area contributed by atoms with E-state index >= 15 is 0 Å². The van der Waals surface area contributed by atoms with Crippen LogP contribution in [0.1, 0.15) is 48.8 Å². The predicted molar refractivity (Wildman–Crippen MR) is 86.0 cm³/mol. The Morgan fingerprint density at radius 3 is 2.67 bits per heavy atom. The van der Waals surface area contributed by atoms with Crippen molar-refractivity contribution in [3.63, 3.8) is 0 Å². The molecule has 5 nitrogen and oxygen atoms in total. The van der Waals surface area contributed by atoms with E-state index in [1.54, 1.807) is 0 Å². The van der Waals surface area contributed by atoms with Gasteiger partial charge < -0.3 is 5.32 Å². The van der Waals surface area contributed by atoms with Gasteiger partial charge in [-0.05, 0) is 32.3 Å². The van der Waals surface area contributed by atoms with Crippen LogP contribution in [-0.2, 0) is 6.42 Å². The van der Waals surface area contributed by atoms with E-state index in [0.29, 0.717) is 5.15 Å². The average Bonchev–Trinajstić information content (AvgIpc) is 2.84. The molecule has 0 atom stereocenters. The summed E-state index contributed by atoms with van der Waals surface area (Å²) in [5.74, 6) is 1.87. The molecule has 2 aromatic rings. The highest BCUT2D eigenvalue weighted by Gasteiger charge is 2.11. The zero-order valence-corrected chi connectivity index (χ0v) is 13.8. The van der Waals surface area contributed by atoms with Crippen LogP contribution < -0.4 is 5.32 Å². The van der Waals surface area contributed by atoms with Crippen LogP contribution in [0, 0.1) is 13.8 Å². The Morgan fingerprint density at radius 2 is 2.05 bits per heavy atom. The molecule has 0 bridgehead atoms. The van der Waals surface area contributed by atoms with Crippen LogP contribution in [0.2, 0.25) is 5.15 Å². The summed E-state index contributed by atoms with van der Waals surface area (Å²) in [7, 11) is 0. The Hall–Kier alpha value is -1.62. The van der Waals surface area contributed by atoms with Crippen molar-refractivity contribution in [3.8, 4) is 0 Å². The Kier molecular flexibility index (Phi) is 5.17. The summed E-state index contributed by atoms with van der Waals surface area (Å²) in [5.41, 5.74) is 3.30. The minimum Gasteiger partial charge on any atom is -0.370 e. The number of nitrogens with one attached hydrogen (secondary N) is 2. The third-order valence-electron chi connectivity index (χ3n) is 3.47. The number of aromatic nitrogens is 4. The molecule has 2 aromatic heterocycles. The normalized spacial score (nSPS) is 11.1. The first-order valence-corrected chi connectivity index (χ1v) is 7.63. The van der Waals surface area contributed by atoms with Crippen molar-refractivity contribution in [2.24, 2.45) is 0 Å². The topological polar surface area (TPSA) is 66.5 Å². The molecule has 0 fully saturated rings. The van der Waals surface area contributed by atoms with Crippen LogP contribution >= 0.6 is 11.6 Å². The molecule has 0 aliphatic carbocycles. The van der Waals surface area contributed by atoms with Gasteiger partial charge in [0.2, 0.25) is 0 Å². The van der Waals surface area contributed by atoms with Crippen LogP contribution in [0.5, 0.6) is 0 Å². The summed E-state index contributed by atoms with van der Waals surface area (Å²) < 4.78 is 0. The highest BCUT2D eigenvalue weighted by molar-refractivity contribution is 6.30. The van der Waals surface area contributed by atoms with Crippen LogP contribution in [0.3, 0.4) is 0 Å². The summed E-state index contributed by atoms with van der Waals surface area (Å²) in [6, 6.07) is 0. The lowest BCUT2D eigenvalue weighted by atomic mass is 10.1. The molecule has 0 spiro atoms. The molecule has 6 heteroatoms. The Morgan fingerprint density at radius 1 is 1.29 bits per heavy atom. The predicted octanol–water partition coefficient (Wildman–Crippen LogP) is 3.64. The van der Waals surface area contributed by atoms with Crippen molar-refractivity contribution in [1.82, 2.24) is 20.2 Å². The number of nitrogens with zero attached hydrogens (tertiary/aromatic N) is 3. The van der Waals surface area contributed by atoms with Crippen LogP contribution in [-0.4, -0.2) is 26.7 Å². The number of H-pyrrole nitrogens is 1. The van der Waals surface area contributed by atoms with E-state index in [2.05, 4.69) is 39.3 Å². The number of hydrogen-bond donors (Lipinski definition) is 2. The Bertz CT molecular complexity index is 606. The Labute approximate surface area is 130 Å². The maximum absolute atomic E-state index is 6.17. The molecule has 0 amide bonds. The van der Waals surface area contributed by atoms with Gasteiger partial charge in [0.1, 0.15) is 16.8 Å². The fourth-order valence-corrected chi connectivity index (χ4v) is 2.23. The molecule has 0 radical (unpaired) electrons. The van der Waals surface area contributed by atoms with Gasteiger partial charge in [-0.15, -0.1) is 0 Å².